The smallest absolute Gasteiger partial charge is 0.343 e. The molecule has 0 bridgehead atoms. The third kappa shape index (κ3) is 6.34. The fourth-order valence-electron chi connectivity index (χ4n) is 2.50. The van der Waals surface area contributed by atoms with Gasteiger partial charge in [0.2, 0.25) is 5.75 Å². The molecule has 32 heavy (non-hydrogen) atoms. The summed E-state index contributed by atoms with van der Waals surface area (Å²) in [7, 11) is -4.19. The summed E-state index contributed by atoms with van der Waals surface area (Å²) in [4.78, 5) is 16.4. The Balaban J connectivity index is 1.80. The number of halogens is 1. The number of carbonyl (C=O) groups is 1. The van der Waals surface area contributed by atoms with E-state index in [9.17, 15) is 13.2 Å². The Hall–Kier alpha value is -3.82. The van der Waals surface area contributed by atoms with Gasteiger partial charge in [-0.3, -0.25) is 0 Å². The number of guanidine groups is 1. The molecular formula is C22H18ClN3O5S. The predicted molar refractivity (Wildman–Crippen MR) is 123 cm³/mol. The van der Waals surface area contributed by atoms with Gasteiger partial charge in [-0.15, -0.1) is 0 Å². The van der Waals surface area contributed by atoms with E-state index in [1.165, 1.54) is 48.5 Å². The number of hydrogen-bond acceptors (Lipinski definition) is 6. The lowest BCUT2D eigenvalue weighted by atomic mass is 10.2. The lowest BCUT2D eigenvalue weighted by Crippen LogP contribution is -2.21. The van der Waals surface area contributed by atoms with E-state index in [0.717, 1.165) is 5.41 Å². The quantitative estimate of drug-likeness (QED) is 0.176. The third-order valence-corrected chi connectivity index (χ3v) is 5.09. The first-order valence-electron chi connectivity index (χ1n) is 9.11. The molecule has 0 aliphatic heterocycles. The van der Waals surface area contributed by atoms with E-state index in [0.29, 0.717) is 11.3 Å². The molecule has 10 heteroatoms. The molecule has 0 radical (unpaired) electrons. The minimum Gasteiger partial charge on any atom is -0.419 e. The van der Waals surface area contributed by atoms with Crippen molar-refractivity contribution in [2.24, 2.45) is 16.5 Å². The third-order valence-electron chi connectivity index (χ3n) is 3.92. The number of aliphatic imine (C=N–C) groups is 1. The number of nitrogens with zero attached hydrogens (tertiary/aromatic N) is 1. The first-order chi connectivity index (χ1) is 15.2. The molecular weight excluding hydrogens is 454 g/mol. The Labute approximate surface area is 189 Å². The molecule has 0 aromatic heterocycles. The topological polar surface area (TPSA) is 134 Å². The molecule has 0 heterocycles. The molecule has 0 atom stereocenters. The first kappa shape index (κ1) is 22.9. The van der Waals surface area contributed by atoms with Crippen LogP contribution in [0, 0.1) is 0 Å². The van der Waals surface area contributed by atoms with Crippen LogP contribution in [0.25, 0.3) is 6.08 Å². The SMILES string of the molecule is NC(N)=Nc1ccc(C(=O)Oc2cccc(Cl)c2OS(=O)(=O)C=Cc2ccccc2)cc1. The fraction of sp³-hybridized carbons (Fsp3) is 0. The van der Waals surface area contributed by atoms with E-state index >= 15 is 0 Å². The van der Waals surface area contributed by atoms with Gasteiger partial charge < -0.3 is 20.4 Å². The van der Waals surface area contributed by atoms with E-state index in [1.807, 2.05) is 0 Å². The maximum Gasteiger partial charge on any atom is 0.343 e. The molecule has 164 valence electrons. The van der Waals surface area contributed by atoms with Gasteiger partial charge in [-0.1, -0.05) is 48.0 Å². The van der Waals surface area contributed by atoms with E-state index in [4.69, 9.17) is 32.0 Å². The Morgan fingerprint density at radius 2 is 1.62 bits per heavy atom. The van der Waals surface area contributed by atoms with E-state index < -0.39 is 16.1 Å². The van der Waals surface area contributed by atoms with Gasteiger partial charge in [-0.2, -0.15) is 8.42 Å². The number of para-hydroxylation sites is 1. The van der Waals surface area contributed by atoms with E-state index in [1.54, 1.807) is 30.3 Å². The molecule has 3 aromatic carbocycles. The predicted octanol–water partition coefficient (Wildman–Crippen LogP) is 3.84. The van der Waals surface area contributed by atoms with Crippen LogP contribution in [0.15, 0.2) is 83.2 Å². The summed E-state index contributed by atoms with van der Waals surface area (Å²) in [6.07, 6.45) is 1.37. The maximum absolute atomic E-state index is 12.5. The van der Waals surface area contributed by atoms with Crippen LogP contribution >= 0.6 is 11.6 Å². The van der Waals surface area contributed by atoms with Crippen LogP contribution in [-0.4, -0.2) is 20.3 Å². The van der Waals surface area contributed by atoms with Crippen molar-refractivity contribution in [1.82, 2.24) is 0 Å². The van der Waals surface area contributed by atoms with Gasteiger partial charge in [0.25, 0.3) is 0 Å². The van der Waals surface area contributed by atoms with Crippen LogP contribution in [0.3, 0.4) is 0 Å². The number of hydrogen-bond donors (Lipinski definition) is 2. The van der Waals surface area contributed by atoms with E-state index in [-0.39, 0.29) is 28.0 Å². The minimum absolute atomic E-state index is 0.0462. The van der Waals surface area contributed by atoms with Gasteiger partial charge in [-0.05, 0) is 48.0 Å². The molecule has 0 aliphatic carbocycles. The van der Waals surface area contributed by atoms with Crippen LogP contribution < -0.4 is 20.4 Å². The molecule has 0 fully saturated rings. The van der Waals surface area contributed by atoms with Crippen molar-refractivity contribution in [1.29, 1.82) is 0 Å². The molecule has 0 aliphatic rings. The monoisotopic (exact) mass is 471 g/mol. The second-order valence-electron chi connectivity index (χ2n) is 6.33. The van der Waals surface area contributed by atoms with Gasteiger partial charge in [0.15, 0.2) is 11.7 Å². The van der Waals surface area contributed by atoms with Gasteiger partial charge in [-0.25, -0.2) is 9.79 Å². The zero-order valence-corrected chi connectivity index (χ0v) is 18.1. The molecule has 3 aromatic rings. The van der Waals surface area contributed by atoms with Gasteiger partial charge in [0, 0.05) is 0 Å². The van der Waals surface area contributed by atoms with Crippen LogP contribution in [0.5, 0.6) is 11.5 Å². The highest BCUT2D eigenvalue weighted by Gasteiger charge is 2.20. The number of nitrogens with two attached hydrogens (primary N) is 2. The molecule has 8 nitrogen and oxygen atoms in total. The number of rotatable bonds is 7. The van der Waals surface area contributed by atoms with Crippen molar-refractivity contribution in [3.8, 4) is 11.5 Å². The zero-order chi connectivity index (χ0) is 23.1. The maximum atomic E-state index is 12.5. The average molecular weight is 472 g/mol. The van der Waals surface area contributed by atoms with Crippen LogP contribution in [0.4, 0.5) is 5.69 Å². The molecule has 0 spiro atoms. The van der Waals surface area contributed by atoms with Gasteiger partial charge in [0.05, 0.1) is 21.7 Å². The summed E-state index contributed by atoms with van der Waals surface area (Å²) in [6, 6.07) is 19.0. The summed E-state index contributed by atoms with van der Waals surface area (Å²) < 4.78 is 35.3. The van der Waals surface area contributed by atoms with Crippen molar-refractivity contribution in [3.05, 3.63) is 94.4 Å². The van der Waals surface area contributed by atoms with Crippen molar-refractivity contribution in [3.63, 3.8) is 0 Å². The molecule has 0 saturated carbocycles. The van der Waals surface area contributed by atoms with Crippen molar-refractivity contribution in [2.45, 2.75) is 0 Å². The standard InChI is InChI=1S/C22H18ClN3O5S/c23-18-7-4-8-19(30-21(27)16-9-11-17(12-10-16)26-22(24)25)20(18)31-32(28,29)14-13-15-5-2-1-3-6-15/h1-14H,(H4,24,25,26). The number of carbonyl (C=O) groups excluding carboxylic acids is 1. The summed E-state index contributed by atoms with van der Waals surface area (Å²) in [5.74, 6) is -1.35. The summed E-state index contributed by atoms with van der Waals surface area (Å²) >= 11 is 6.11. The highest BCUT2D eigenvalue weighted by atomic mass is 35.5. The van der Waals surface area contributed by atoms with Crippen LogP contribution in [0.2, 0.25) is 5.02 Å². The second-order valence-corrected chi connectivity index (χ2v) is 8.16. The molecule has 3 rings (SSSR count). The highest BCUT2D eigenvalue weighted by molar-refractivity contribution is 7.90. The lowest BCUT2D eigenvalue weighted by Gasteiger charge is -2.11. The molecule has 0 unspecified atom stereocenters. The van der Waals surface area contributed by atoms with Gasteiger partial charge in [0.1, 0.15) is 0 Å². The molecule has 4 N–H and O–H groups in total. The fourth-order valence-corrected chi connectivity index (χ4v) is 3.53. The zero-order valence-electron chi connectivity index (χ0n) is 16.5. The highest BCUT2D eigenvalue weighted by Crippen LogP contribution is 2.36. The van der Waals surface area contributed by atoms with Crippen LogP contribution in [0.1, 0.15) is 15.9 Å². The number of ether oxygens (including phenoxy) is 1. The Bertz CT molecular complexity index is 1270. The largest absolute Gasteiger partial charge is 0.419 e. The summed E-state index contributed by atoms with van der Waals surface area (Å²) in [5.41, 5.74) is 11.9. The Morgan fingerprint density at radius 3 is 2.28 bits per heavy atom. The minimum atomic E-state index is -4.19. The Kier molecular flexibility index (Phi) is 7.14. The van der Waals surface area contributed by atoms with Crippen molar-refractivity contribution in [2.75, 3.05) is 0 Å². The van der Waals surface area contributed by atoms with Crippen LogP contribution in [-0.2, 0) is 10.1 Å². The number of benzene rings is 3. The van der Waals surface area contributed by atoms with Crippen molar-refractivity contribution < 1.29 is 22.1 Å². The lowest BCUT2D eigenvalue weighted by molar-refractivity contribution is 0.0731. The molecule has 0 amide bonds. The first-order valence-corrected chi connectivity index (χ1v) is 11.0. The second kappa shape index (κ2) is 9.99. The summed E-state index contributed by atoms with van der Waals surface area (Å²) in [5, 5.41) is 0.842. The van der Waals surface area contributed by atoms with Crippen molar-refractivity contribution >= 4 is 45.4 Å². The van der Waals surface area contributed by atoms with E-state index in [2.05, 4.69) is 4.99 Å². The van der Waals surface area contributed by atoms with Gasteiger partial charge >= 0.3 is 16.1 Å². The summed E-state index contributed by atoms with van der Waals surface area (Å²) in [6.45, 7) is 0. The Morgan fingerprint density at radius 1 is 0.938 bits per heavy atom. The normalized spacial score (nSPS) is 11.2. The average Bonchev–Trinajstić information content (AvgIpc) is 2.75. The molecule has 0 saturated heterocycles. The number of esters is 1.